The summed E-state index contributed by atoms with van der Waals surface area (Å²) in [5.74, 6) is 0.194. The molecule has 5 rings (SSSR count). The molecular weight excluding hydrogens is 466 g/mol. The molecule has 0 unspecified atom stereocenters. The van der Waals surface area contributed by atoms with Crippen molar-refractivity contribution in [3.8, 4) is 16.9 Å². The van der Waals surface area contributed by atoms with E-state index in [1.807, 2.05) is 28.9 Å². The Hall–Kier alpha value is -3.97. The molecule has 4 aromatic rings. The topological polar surface area (TPSA) is 93.4 Å². The molecule has 1 aliphatic carbocycles. The highest BCUT2D eigenvalue weighted by Gasteiger charge is 2.27. The molecule has 190 valence electrons. The van der Waals surface area contributed by atoms with Gasteiger partial charge in [-0.15, -0.1) is 0 Å². The van der Waals surface area contributed by atoms with Gasteiger partial charge in [0.15, 0.2) is 5.78 Å². The maximum absolute atomic E-state index is 13.5. The summed E-state index contributed by atoms with van der Waals surface area (Å²) in [4.78, 5) is 25.3. The number of nitrogens with one attached hydrogen (secondary N) is 1. The summed E-state index contributed by atoms with van der Waals surface area (Å²) in [5, 5.41) is 17.7. The third-order valence-electron chi connectivity index (χ3n) is 7.25. The number of ketones is 1. The van der Waals surface area contributed by atoms with Gasteiger partial charge in [-0.1, -0.05) is 54.6 Å². The number of amides is 1. The van der Waals surface area contributed by atoms with Crippen LogP contribution < -0.4 is 10.1 Å². The number of methoxy groups -OCH3 is 1. The van der Waals surface area contributed by atoms with Gasteiger partial charge < -0.3 is 15.2 Å². The fourth-order valence-corrected chi connectivity index (χ4v) is 5.17. The smallest absolute Gasteiger partial charge is 0.253 e. The lowest BCUT2D eigenvalue weighted by Crippen LogP contribution is -2.39. The van der Waals surface area contributed by atoms with Crippen LogP contribution >= 0.6 is 0 Å². The number of nitrogens with zero attached hydrogens (tertiary/aromatic N) is 2. The monoisotopic (exact) mass is 497 g/mol. The van der Waals surface area contributed by atoms with Gasteiger partial charge in [-0.05, 0) is 54.5 Å². The minimum atomic E-state index is -0.414. The van der Waals surface area contributed by atoms with Crippen molar-refractivity contribution in [2.45, 2.75) is 38.3 Å². The standard InChI is InChI=1S/C30H31N3O4/c1-37-26-15-24-17-31-33(18-20-7-9-22(10-8-20)21-5-3-2-4-6-21)29(24)27(16-26)30(36)32-25-13-11-23(12-14-25)28(35)19-34/h2-10,15-17,23,25,34H,11-14,18-19H2,1H3,(H,32,36). The van der Waals surface area contributed by atoms with E-state index >= 15 is 0 Å². The number of carbonyl (C=O) groups excluding carboxylic acids is 2. The second kappa shape index (κ2) is 11.0. The first-order valence-electron chi connectivity index (χ1n) is 12.7. The molecule has 2 N–H and O–H groups in total. The molecule has 0 radical (unpaired) electrons. The molecular formula is C30H31N3O4. The van der Waals surface area contributed by atoms with E-state index < -0.39 is 6.61 Å². The Morgan fingerprint density at radius 2 is 1.70 bits per heavy atom. The SMILES string of the molecule is COc1cc(C(=O)NC2CCC(C(=O)CO)CC2)c2c(cnn2Cc2ccc(-c3ccccc3)cc2)c1. The highest BCUT2D eigenvalue weighted by Crippen LogP contribution is 2.29. The molecule has 0 atom stereocenters. The van der Waals surface area contributed by atoms with Crippen LogP contribution in [0.2, 0.25) is 0 Å². The van der Waals surface area contributed by atoms with Crippen LogP contribution in [0.5, 0.6) is 5.75 Å². The average Bonchev–Trinajstić information content (AvgIpc) is 3.35. The zero-order valence-electron chi connectivity index (χ0n) is 20.9. The number of ether oxygens (including phenoxy) is 1. The number of hydrogen-bond acceptors (Lipinski definition) is 5. The molecule has 1 aliphatic rings. The van der Waals surface area contributed by atoms with Crippen molar-refractivity contribution < 1.29 is 19.4 Å². The number of Topliss-reactive ketones (excluding diaryl/α,β-unsaturated/α-hetero) is 1. The summed E-state index contributed by atoms with van der Waals surface area (Å²) < 4.78 is 7.32. The van der Waals surface area contributed by atoms with Crippen molar-refractivity contribution in [3.63, 3.8) is 0 Å². The third-order valence-corrected chi connectivity index (χ3v) is 7.25. The summed E-state index contributed by atoms with van der Waals surface area (Å²) in [7, 11) is 1.58. The Balaban J connectivity index is 1.37. The van der Waals surface area contributed by atoms with E-state index in [0.717, 1.165) is 22.0 Å². The van der Waals surface area contributed by atoms with E-state index in [-0.39, 0.29) is 23.7 Å². The maximum atomic E-state index is 13.5. The summed E-state index contributed by atoms with van der Waals surface area (Å²) in [6.45, 7) is 0.113. The second-order valence-electron chi connectivity index (χ2n) is 9.62. The van der Waals surface area contributed by atoms with Gasteiger partial charge in [0.25, 0.3) is 5.91 Å². The molecule has 0 spiro atoms. The summed E-state index contributed by atoms with van der Waals surface area (Å²) >= 11 is 0. The van der Waals surface area contributed by atoms with E-state index in [9.17, 15) is 9.59 Å². The van der Waals surface area contributed by atoms with Gasteiger partial charge >= 0.3 is 0 Å². The van der Waals surface area contributed by atoms with Gasteiger partial charge in [-0.2, -0.15) is 5.10 Å². The van der Waals surface area contributed by atoms with Crippen molar-refractivity contribution in [2.24, 2.45) is 5.92 Å². The molecule has 7 nitrogen and oxygen atoms in total. The molecule has 1 saturated carbocycles. The predicted molar refractivity (Wildman–Crippen MR) is 143 cm³/mol. The van der Waals surface area contributed by atoms with Gasteiger partial charge in [0, 0.05) is 17.3 Å². The number of hydrogen-bond donors (Lipinski definition) is 2. The van der Waals surface area contributed by atoms with Crippen LogP contribution in [-0.4, -0.2) is 46.3 Å². The molecule has 1 amide bonds. The molecule has 0 aliphatic heterocycles. The Kier molecular flexibility index (Phi) is 7.32. The highest BCUT2D eigenvalue weighted by molar-refractivity contribution is 6.06. The van der Waals surface area contributed by atoms with Crippen molar-refractivity contribution in [1.29, 1.82) is 0 Å². The van der Waals surface area contributed by atoms with Gasteiger partial charge in [0.2, 0.25) is 0 Å². The molecule has 37 heavy (non-hydrogen) atoms. The van der Waals surface area contributed by atoms with Crippen molar-refractivity contribution in [2.75, 3.05) is 13.7 Å². The van der Waals surface area contributed by atoms with Gasteiger partial charge in [-0.25, -0.2) is 0 Å². The van der Waals surface area contributed by atoms with Crippen LogP contribution in [0, 0.1) is 5.92 Å². The molecule has 1 aromatic heterocycles. The number of carbonyl (C=O) groups is 2. The number of rotatable bonds is 8. The minimum Gasteiger partial charge on any atom is -0.497 e. The van der Waals surface area contributed by atoms with E-state index in [1.54, 1.807) is 19.4 Å². The molecule has 1 fully saturated rings. The lowest BCUT2D eigenvalue weighted by molar-refractivity contribution is -0.126. The first kappa shape index (κ1) is 24.7. The molecule has 0 saturated heterocycles. The van der Waals surface area contributed by atoms with E-state index in [2.05, 4.69) is 46.8 Å². The maximum Gasteiger partial charge on any atom is 0.253 e. The predicted octanol–water partition coefficient (Wildman–Crippen LogP) is 4.61. The van der Waals surface area contributed by atoms with Gasteiger partial charge in [0.1, 0.15) is 12.4 Å². The van der Waals surface area contributed by atoms with Crippen molar-refractivity contribution in [3.05, 3.63) is 84.1 Å². The van der Waals surface area contributed by atoms with Crippen molar-refractivity contribution in [1.82, 2.24) is 15.1 Å². The number of fused-ring (bicyclic) bond motifs is 1. The number of aromatic nitrogens is 2. The van der Waals surface area contributed by atoms with Gasteiger partial charge in [0.05, 0.1) is 30.9 Å². The Morgan fingerprint density at radius 1 is 1.00 bits per heavy atom. The normalized spacial score (nSPS) is 17.5. The van der Waals surface area contributed by atoms with Crippen LogP contribution in [0.15, 0.2) is 72.9 Å². The minimum absolute atomic E-state index is 0.0154. The second-order valence-corrected chi connectivity index (χ2v) is 9.62. The first-order chi connectivity index (χ1) is 18.1. The number of benzene rings is 3. The Labute approximate surface area is 216 Å². The van der Waals surface area contributed by atoms with Crippen LogP contribution in [0.3, 0.4) is 0 Å². The lowest BCUT2D eigenvalue weighted by Gasteiger charge is -2.28. The van der Waals surface area contributed by atoms with E-state index in [1.165, 1.54) is 5.56 Å². The van der Waals surface area contributed by atoms with E-state index in [0.29, 0.717) is 43.5 Å². The zero-order chi connectivity index (χ0) is 25.8. The molecule has 0 bridgehead atoms. The first-order valence-corrected chi connectivity index (χ1v) is 12.7. The summed E-state index contributed by atoms with van der Waals surface area (Å²) in [6.07, 6.45) is 4.53. The zero-order valence-corrected chi connectivity index (χ0v) is 20.9. The third kappa shape index (κ3) is 5.42. The van der Waals surface area contributed by atoms with Gasteiger partial charge in [-0.3, -0.25) is 14.3 Å². The van der Waals surface area contributed by atoms with E-state index in [4.69, 9.17) is 9.84 Å². The number of aliphatic hydroxyl groups is 1. The summed E-state index contributed by atoms with van der Waals surface area (Å²) in [6, 6.07) is 22.3. The molecule has 1 heterocycles. The molecule has 3 aromatic carbocycles. The molecule has 7 heteroatoms. The number of aliphatic hydroxyl groups excluding tert-OH is 1. The largest absolute Gasteiger partial charge is 0.497 e. The highest BCUT2D eigenvalue weighted by atomic mass is 16.5. The van der Waals surface area contributed by atoms with Crippen LogP contribution in [0.4, 0.5) is 0 Å². The fourth-order valence-electron chi connectivity index (χ4n) is 5.17. The van der Waals surface area contributed by atoms with Crippen LogP contribution in [-0.2, 0) is 11.3 Å². The van der Waals surface area contributed by atoms with Crippen molar-refractivity contribution >= 4 is 22.6 Å². The fraction of sp³-hybridized carbons (Fsp3) is 0.300. The summed E-state index contributed by atoms with van der Waals surface area (Å²) in [5.41, 5.74) is 4.67. The lowest BCUT2D eigenvalue weighted by atomic mass is 9.83. The van der Waals surface area contributed by atoms with Crippen LogP contribution in [0.25, 0.3) is 22.0 Å². The Morgan fingerprint density at radius 3 is 2.38 bits per heavy atom. The quantitative estimate of drug-likeness (QED) is 0.371. The van der Waals surface area contributed by atoms with Crippen LogP contribution in [0.1, 0.15) is 41.6 Å². The Bertz CT molecular complexity index is 1390. The average molecular weight is 498 g/mol.